The fourth-order valence-corrected chi connectivity index (χ4v) is 1.77. The van der Waals surface area contributed by atoms with Gasteiger partial charge >= 0.3 is 6.18 Å². The van der Waals surface area contributed by atoms with Crippen molar-refractivity contribution in [1.82, 2.24) is 0 Å². The molecule has 2 nitrogen and oxygen atoms in total. The standard InChI is InChI=1S/C12H13F4NOS/c1-11(2,3)19(18)17-10(12(14,15)16)8-6-4-5-7-9(8)13/h4-7H,1-3H3. The average molecular weight is 295 g/mol. The lowest BCUT2D eigenvalue weighted by atomic mass is 10.1. The van der Waals surface area contributed by atoms with Gasteiger partial charge < -0.3 is 4.55 Å². The number of halogens is 4. The fraction of sp³-hybridized carbons (Fsp3) is 0.417. The van der Waals surface area contributed by atoms with Crippen LogP contribution in [0, 0.1) is 5.82 Å². The van der Waals surface area contributed by atoms with Crippen LogP contribution in [0.3, 0.4) is 0 Å². The van der Waals surface area contributed by atoms with Crippen molar-refractivity contribution in [2.45, 2.75) is 31.7 Å². The van der Waals surface area contributed by atoms with Crippen LogP contribution in [0.2, 0.25) is 0 Å². The molecule has 1 unspecified atom stereocenters. The second-order valence-electron chi connectivity index (χ2n) is 4.78. The summed E-state index contributed by atoms with van der Waals surface area (Å²) in [5.74, 6) is -1.05. The molecular formula is C12H13F4NOS. The summed E-state index contributed by atoms with van der Waals surface area (Å²) in [6, 6.07) is 4.39. The average Bonchev–Trinajstić information content (AvgIpc) is 2.24. The SMILES string of the molecule is CC(C)(C)[S+]([O-])N=C(c1ccccc1F)C(F)(F)F. The van der Waals surface area contributed by atoms with Gasteiger partial charge in [-0.1, -0.05) is 16.5 Å². The van der Waals surface area contributed by atoms with Crippen LogP contribution in [0.5, 0.6) is 0 Å². The Bertz CT molecular complexity index is 479. The summed E-state index contributed by atoms with van der Waals surface area (Å²) >= 11 is -2.12. The zero-order valence-corrected chi connectivity index (χ0v) is 11.4. The van der Waals surface area contributed by atoms with Gasteiger partial charge in [-0.15, -0.1) is 0 Å². The second-order valence-corrected chi connectivity index (χ2v) is 6.68. The van der Waals surface area contributed by atoms with E-state index >= 15 is 0 Å². The van der Waals surface area contributed by atoms with Gasteiger partial charge in [0.1, 0.15) is 21.9 Å². The van der Waals surface area contributed by atoms with E-state index < -0.39 is 39.4 Å². The third-order valence-electron chi connectivity index (χ3n) is 2.10. The summed E-state index contributed by atoms with van der Waals surface area (Å²) in [7, 11) is 0. The van der Waals surface area contributed by atoms with Gasteiger partial charge in [0.05, 0.1) is 0 Å². The maximum Gasteiger partial charge on any atom is 0.438 e. The first kappa shape index (κ1) is 16.0. The first-order chi connectivity index (χ1) is 8.53. The van der Waals surface area contributed by atoms with Crippen molar-refractivity contribution in [3.05, 3.63) is 35.6 Å². The highest BCUT2D eigenvalue weighted by Gasteiger charge is 2.42. The molecule has 19 heavy (non-hydrogen) atoms. The van der Waals surface area contributed by atoms with E-state index in [1.807, 2.05) is 0 Å². The molecular weight excluding hydrogens is 282 g/mol. The van der Waals surface area contributed by atoms with Crippen molar-refractivity contribution in [1.29, 1.82) is 0 Å². The van der Waals surface area contributed by atoms with E-state index in [2.05, 4.69) is 4.40 Å². The zero-order valence-electron chi connectivity index (χ0n) is 10.6. The number of hydrogen-bond acceptors (Lipinski definition) is 2. The van der Waals surface area contributed by atoms with Gasteiger partial charge in [-0.3, -0.25) is 0 Å². The minimum Gasteiger partial charge on any atom is -0.591 e. The van der Waals surface area contributed by atoms with Crippen LogP contribution in [0.15, 0.2) is 28.7 Å². The number of alkyl halides is 3. The molecule has 0 radical (unpaired) electrons. The van der Waals surface area contributed by atoms with Crippen molar-refractivity contribution in [2.75, 3.05) is 0 Å². The Kier molecular flexibility index (Phi) is 4.63. The minimum atomic E-state index is -4.87. The number of hydrogen-bond donors (Lipinski definition) is 0. The van der Waals surface area contributed by atoms with Crippen LogP contribution in [-0.4, -0.2) is 21.2 Å². The maximum atomic E-state index is 13.4. The molecule has 106 valence electrons. The molecule has 0 N–H and O–H groups in total. The van der Waals surface area contributed by atoms with Crippen LogP contribution >= 0.6 is 0 Å². The molecule has 1 aromatic rings. The highest BCUT2D eigenvalue weighted by atomic mass is 32.2. The van der Waals surface area contributed by atoms with Crippen LogP contribution in [0.4, 0.5) is 17.6 Å². The molecule has 0 amide bonds. The minimum absolute atomic E-state index is 0.701. The Balaban J connectivity index is 3.33. The normalized spacial score (nSPS) is 15.5. The predicted molar refractivity (Wildman–Crippen MR) is 66.9 cm³/mol. The van der Waals surface area contributed by atoms with Crippen molar-refractivity contribution in [3.63, 3.8) is 0 Å². The molecule has 7 heteroatoms. The highest BCUT2D eigenvalue weighted by molar-refractivity contribution is 7.91. The van der Waals surface area contributed by atoms with Crippen molar-refractivity contribution in [2.24, 2.45) is 4.40 Å². The van der Waals surface area contributed by atoms with Crippen molar-refractivity contribution in [3.8, 4) is 0 Å². The molecule has 1 atom stereocenters. The lowest BCUT2D eigenvalue weighted by Crippen LogP contribution is -2.32. The fourth-order valence-electron chi connectivity index (χ4n) is 1.13. The van der Waals surface area contributed by atoms with E-state index in [-0.39, 0.29) is 0 Å². The number of benzene rings is 1. The topological polar surface area (TPSA) is 35.4 Å². The Hall–Kier alpha value is -1.08. The van der Waals surface area contributed by atoms with Crippen LogP contribution in [-0.2, 0) is 11.4 Å². The van der Waals surface area contributed by atoms with E-state index in [1.54, 1.807) is 0 Å². The number of nitrogens with zero attached hydrogens (tertiary/aromatic N) is 1. The second kappa shape index (κ2) is 5.50. The van der Waals surface area contributed by atoms with Gasteiger partial charge in [0.2, 0.25) is 5.71 Å². The largest absolute Gasteiger partial charge is 0.591 e. The molecule has 1 rings (SSSR count). The van der Waals surface area contributed by atoms with Gasteiger partial charge in [-0.25, -0.2) is 4.39 Å². The monoisotopic (exact) mass is 295 g/mol. The third-order valence-corrected chi connectivity index (χ3v) is 3.49. The van der Waals surface area contributed by atoms with E-state index in [9.17, 15) is 22.1 Å². The van der Waals surface area contributed by atoms with E-state index in [1.165, 1.54) is 32.9 Å². The summed E-state index contributed by atoms with van der Waals surface area (Å²) in [4.78, 5) is 0. The van der Waals surface area contributed by atoms with Gasteiger partial charge in [0, 0.05) is 5.56 Å². The van der Waals surface area contributed by atoms with Crippen LogP contribution < -0.4 is 0 Å². The molecule has 0 aromatic heterocycles. The molecule has 0 spiro atoms. The quantitative estimate of drug-likeness (QED) is 0.466. The Morgan fingerprint density at radius 2 is 1.68 bits per heavy atom. The molecule has 0 aliphatic rings. The Morgan fingerprint density at radius 3 is 2.11 bits per heavy atom. The smallest absolute Gasteiger partial charge is 0.438 e. The van der Waals surface area contributed by atoms with Crippen LogP contribution in [0.25, 0.3) is 0 Å². The molecule has 0 saturated carbocycles. The van der Waals surface area contributed by atoms with Gasteiger partial charge in [-0.2, -0.15) is 13.2 Å². The summed E-state index contributed by atoms with van der Waals surface area (Å²) < 4.78 is 66.1. The van der Waals surface area contributed by atoms with E-state index in [4.69, 9.17) is 0 Å². The highest BCUT2D eigenvalue weighted by Crippen LogP contribution is 2.27. The van der Waals surface area contributed by atoms with Crippen LogP contribution in [0.1, 0.15) is 26.3 Å². The molecule has 0 fully saturated rings. The summed E-state index contributed by atoms with van der Waals surface area (Å²) in [5.41, 5.74) is -2.16. The molecule has 0 heterocycles. The maximum absolute atomic E-state index is 13.4. The summed E-state index contributed by atoms with van der Waals surface area (Å²) in [6.07, 6.45) is -4.87. The van der Waals surface area contributed by atoms with E-state index in [0.29, 0.717) is 0 Å². The lowest BCUT2D eigenvalue weighted by molar-refractivity contribution is -0.0580. The first-order valence-electron chi connectivity index (χ1n) is 5.36. The third kappa shape index (κ3) is 4.21. The Labute approximate surface area is 111 Å². The van der Waals surface area contributed by atoms with Gasteiger partial charge in [0.15, 0.2) is 0 Å². The molecule has 0 bridgehead atoms. The summed E-state index contributed by atoms with van der Waals surface area (Å²) in [6.45, 7) is 4.46. The first-order valence-corrected chi connectivity index (χ1v) is 6.47. The molecule has 0 aliphatic heterocycles. The molecule has 0 aliphatic carbocycles. The molecule has 1 aromatic carbocycles. The Morgan fingerprint density at radius 1 is 1.16 bits per heavy atom. The summed E-state index contributed by atoms with van der Waals surface area (Å²) in [5, 5.41) is 0. The van der Waals surface area contributed by atoms with E-state index in [0.717, 1.165) is 12.1 Å². The number of rotatable bonds is 2. The predicted octanol–water partition coefficient (Wildman–Crippen LogP) is 3.64. The lowest BCUT2D eigenvalue weighted by Gasteiger charge is -2.20. The van der Waals surface area contributed by atoms with Gasteiger partial charge in [-0.05, 0) is 32.9 Å². The van der Waals surface area contributed by atoms with Crippen molar-refractivity contribution >= 4 is 17.1 Å². The van der Waals surface area contributed by atoms with Gasteiger partial charge in [0.25, 0.3) is 0 Å². The van der Waals surface area contributed by atoms with Crippen molar-refractivity contribution < 1.29 is 22.1 Å². The zero-order chi connectivity index (χ0) is 14.8. The molecule has 0 saturated heterocycles.